The first-order valence-electron chi connectivity index (χ1n) is 6.23. The molecule has 0 unspecified atom stereocenters. The zero-order valence-electron chi connectivity index (χ0n) is 10.4. The van der Waals surface area contributed by atoms with Crippen LogP contribution in [0.2, 0.25) is 0 Å². The predicted octanol–water partition coefficient (Wildman–Crippen LogP) is 2.07. The highest BCUT2D eigenvalue weighted by atomic mass is 32.1. The Kier molecular flexibility index (Phi) is 2.98. The summed E-state index contributed by atoms with van der Waals surface area (Å²) in [5, 5.41) is 5.82. The molecule has 0 spiro atoms. The molecule has 1 aliphatic rings. The minimum Gasteiger partial charge on any atom is -0.399 e. The Balaban J connectivity index is 1.70. The lowest BCUT2D eigenvalue weighted by Gasteiger charge is -2.15. The van der Waals surface area contributed by atoms with Crippen LogP contribution in [0.4, 0.5) is 5.69 Å². The number of aromatic nitrogens is 1. The van der Waals surface area contributed by atoms with Gasteiger partial charge in [0.15, 0.2) is 0 Å². The van der Waals surface area contributed by atoms with Crippen molar-refractivity contribution in [2.24, 2.45) is 0 Å². The van der Waals surface area contributed by atoms with Crippen LogP contribution in [0.25, 0.3) is 0 Å². The molecule has 1 heterocycles. The van der Waals surface area contributed by atoms with Gasteiger partial charge in [-0.3, -0.25) is 4.79 Å². The van der Waals surface area contributed by atoms with E-state index in [1.807, 2.05) is 29.6 Å². The normalized spacial score (nSPS) is 16.0. The molecule has 1 amide bonds. The van der Waals surface area contributed by atoms with Crippen molar-refractivity contribution in [3.05, 3.63) is 46.4 Å². The Labute approximate surface area is 115 Å². The van der Waals surface area contributed by atoms with Gasteiger partial charge >= 0.3 is 0 Å². The zero-order chi connectivity index (χ0) is 13.3. The van der Waals surface area contributed by atoms with Crippen molar-refractivity contribution in [2.75, 3.05) is 5.73 Å². The van der Waals surface area contributed by atoms with E-state index in [9.17, 15) is 4.79 Å². The van der Waals surface area contributed by atoms with E-state index >= 15 is 0 Å². The minimum atomic E-state index is -0.342. The molecule has 4 nitrogen and oxygen atoms in total. The van der Waals surface area contributed by atoms with Crippen molar-refractivity contribution in [3.63, 3.8) is 0 Å². The van der Waals surface area contributed by atoms with Crippen molar-refractivity contribution in [1.82, 2.24) is 10.3 Å². The van der Waals surface area contributed by atoms with Gasteiger partial charge in [0.2, 0.25) is 5.91 Å². The molecule has 0 radical (unpaired) electrons. The van der Waals surface area contributed by atoms with Crippen molar-refractivity contribution in [2.45, 2.75) is 24.8 Å². The van der Waals surface area contributed by atoms with Crippen LogP contribution in [0.5, 0.6) is 0 Å². The molecule has 0 bridgehead atoms. The highest BCUT2D eigenvalue weighted by molar-refractivity contribution is 7.09. The van der Waals surface area contributed by atoms with E-state index in [0.29, 0.717) is 6.54 Å². The molecule has 2 aromatic rings. The Morgan fingerprint density at radius 1 is 1.37 bits per heavy atom. The molecule has 1 aliphatic carbocycles. The van der Waals surface area contributed by atoms with Crippen molar-refractivity contribution in [3.8, 4) is 0 Å². The van der Waals surface area contributed by atoms with Gasteiger partial charge in [-0.25, -0.2) is 4.98 Å². The first kappa shape index (κ1) is 12.2. The Morgan fingerprint density at radius 3 is 2.68 bits per heavy atom. The fourth-order valence-corrected chi connectivity index (χ4v) is 2.80. The Morgan fingerprint density at radius 2 is 2.11 bits per heavy atom. The van der Waals surface area contributed by atoms with Crippen molar-refractivity contribution >= 4 is 22.9 Å². The number of thiazole rings is 1. The number of nitrogen functional groups attached to an aromatic ring is 1. The highest BCUT2D eigenvalue weighted by Crippen LogP contribution is 2.48. The second kappa shape index (κ2) is 4.66. The Bertz CT molecular complexity index is 573. The van der Waals surface area contributed by atoms with Gasteiger partial charge in [-0.15, -0.1) is 11.3 Å². The van der Waals surface area contributed by atoms with Gasteiger partial charge < -0.3 is 11.1 Å². The van der Waals surface area contributed by atoms with E-state index in [2.05, 4.69) is 10.3 Å². The van der Waals surface area contributed by atoms with E-state index in [-0.39, 0.29) is 11.3 Å². The van der Waals surface area contributed by atoms with E-state index in [4.69, 9.17) is 5.73 Å². The number of carbonyl (C=O) groups is 1. The van der Waals surface area contributed by atoms with Gasteiger partial charge in [-0.1, -0.05) is 12.1 Å². The molecule has 1 saturated carbocycles. The molecule has 0 saturated heterocycles. The second-order valence-corrected chi connectivity index (χ2v) is 5.79. The first-order chi connectivity index (χ1) is 9.21. The average molecular weight is 273 g/mol. The van der Waals surface area contributed by atoms with Gasteiger partial charge in [0, 0.05) is 17.3 Å². The van der Waals surface area contributed by atoms with Gasteiger partial charge in [-0.2, -0.15) is 0 Å². The van der Waals surface area contributed by atoms with Crippen LogP contribution < -0.4 is 11.1 Å². The first-order valence-corrected chi connectivity index (χ1v) is 7.11. The van der Waals surface area contributed by atoms with Crippen LogP contribution >= 0.6 is 11.3 Å². The summed E-state index contributed by atoms with van der Waals surface area (Å²) in [5.74, 6) is 0.0903. The largest absolute Gasteiger partial charge is 0.399 e. The number of rotatable bonds is 4. The molecule has 5 heteroatoms. The fraction of sp³-hybridized carbons (Fsp3) is 0.286. The number of nitrogens with one attached hydrogen (secondary N) is 1. The quantitative estimate of drug-likeness (QED) is 0.838. The van der Waals surface area contributed by atoms with Gasteiger partial charge in [-0.05, 0) is 30.5 Å². The number of nitrogens with two attached hydrogens (primary N) is 1. The smallest absolute Gasteiger partial charge is 0.231 e. The molecule has 1 fully saturated rings. The van der Waals surface area contributed by atoms with E-state index in [1.165, 1.54) is 0 Å². The van der Waals surface area contributed by atoms with Crippen LogP contribution in [0.15, 0.2) is 35.8 Å². The fourth-order valence-electron chi connectivity index (χ4n) is 2.24. The van der Waals surface area contributed by atoms with E-state index in [0.717, 1.165) is 29.1 Å². The van der Waals surface area contributed by atoms with Crippen LogP contribution in [-0.4, -0.2) is 10.9 Å². The zero-order valence-corrected chi connectivity index (χ0v) is 11.2. The summed E-state index contributed by atoms with van der Waals surface area (Å²) in [6.45, 7) is 0.507. The summed E-state index contributed by atoms with van der Waals surface area (Å²) in [5.41, 5.74) is 7.12. The third kappa shape index (κ3) is 2.33. The van der Waals surface area contributed by atoms with Gasteiger partial charge in [0.25, 0.3) is 0 Å². The monoisotopic (exact) mass is 273 g/mol. The summed E-state index contributed by atoms with van der Waals surface area (Å²) >= 11 is 1.55. The summed E-state index contributed by atoms with van der Waals surface area (Å²) in [4.78, 5) is 16.5. The summed E-state index contributed by atoms with van der Waals surface area (Å²) in [6, 6.07) is 7.60. The summed E-state index contributed by atoms with van der Waals surface area (Å²) in [7, 11) is 0. The van der Waals surface area contributed by atoms with E-state index < -0.39 is 0 Å². The molecule has 1 aromatic carbocycles. The molecule has 3 N–H and O–H groups in total. The summed E-state index contributed by atoms with van der Waals surface area (Å²) in [6.07, 6.45) is 3.56. The number of carbonyl (C=O) groups excluding carboxylic acids is 1. The molecule has 19 heavy (non-hydrogen) atoms. The van der Waals surface area contributed by atoms with Crippen LogP contribution in [0.3, 0.4) is 0 Å². The third-order valence-corrected chi connectivity index (χ3v) is 4.31. The lowest BCUT2D eigenvalue weighted by atomic mass is 9.95. The number of hydrogen-bond donors (Lipinski definition) is 2. The lowest BCUT2D eigenvalue weighted by molar-refractivity contribution is -0.123. The lowest BCUT2D eigenvalue weighted by Crippen LogP contribution is -2.34. The van der Waals surface area contributed by atoms with Crippen LogP contribution in [0.1, 0.15) is 23.4 Å². The number of hydrogen-bond acceptors (Lipinski definition) is 4. The topological polar surface area (TPSA) is 68.0 Å². The number of benzene rings is 1. The average Bonchev–Trinajstić information content (AvgIpc) is 3.07. The highest BCUT2D eigenvalue weighted by Gasteiger charge is 2.51. The maximum absolute atomic E-state index is 12.3. The standard InChI is InChI=1S/C14H15N3OS/c15-11-3-1-10(2-4-11)14(5-6-14)13(18)17-9-12-16-7-8-19-12/h1-4,7-8H,5-6,9,15H2,(H,17,18). The van der Waals surface area contributed by atoms with Crippen molar-refractivity contribution < 1.29 is 4.79 Å². The van der Waals surface area contributed by atoms with E-state index in [1.54, 1.807) is 17.5 Å². The number of amides is 1. The van der Waals surface area contributed by atoms with Crippen molar-refractivity contribution in [1.29, 1.82) is 0 Å². The second-order valence-electron chi connectivity index (χ2n) is 4.81. The Hall–Kier alpha value is -1.88. The van der Waals surface area contributed by atoms with Gasteiger partial charge in [0.1, 0.15) is 5.01 Å². The van der Waals surface area contributed by atoms with Gasteiger partial charge in [0.05, 0.1) is 12.0 Å². The third-order valence-electron chi connectivity index (χ3n) is 3.53. The minimum absolute atomic E-state index is 0.0903. The molecule has 0 aliphatic heterocycles. The maximum atomic E-state index is 12.3. The SMILES string of the molecule is Nc1ccc(C2(C(=O)NCc3nccs3)CC2)cc1. The van der Waals surface area contributed by atoms with Crippen LogP contribution in [0, 0.1) is 0 Å². The molecule has 0 atom stereocenters. The number of anilines is 1. The predicted molar refractivity (Wildman–Crippen MR) is 75.7 cm³/mol. The molecule has 98 valence electrons. The number of nitrogens with zero attached hydrogens (tertiary/aromatic N) is 1. The molecule has 3 rings (SSSR count). The molecular weight excluding hydrogens is 258 g/mol. The van der Waals surface area contributed by atoms with Crippen LogP contribution in [-0.2, 0) is 16.8 Å². The summed E-state index contributed by atoms with van der Waals surface area (Å²) < 4.78 is 0. The molecule has 1 aromatic heterocycles. The maximum Gasteiger partial charge on any atom is 0.231 e. The molecular formula is C14H15N3OS.